The molecule has 0 radical (unpaired) electrons. The fourth-order valence-electron chi connectivity index (χ4n) is 2.43. The first-order chi connectivity index (χ1) is 11.1. The smallest absolute Gasteiger partial charge is 0.376 e. The van der Waals surface area contributed by atoms with E-state index in [0.29, 0.717) is 36.3 Å². The van der Waals surface area contributed by atoms with Crippen LogP contribution in [0.3, 0.4) is 0 Å². The first-order valence-corrected chi connectivity index (χ1v) is 7.29. The maximum absolute atomic E-state index is 13.9. The Hall–Kier alpha value is -2.21. The topological polar surface area (TPSA) is 37.3 Å². The number of aryl methyl sites for hydroxylation is 1. The molecule has 128 valence electrons. The number of aldehydes is 1. The molecule has 0 fully saturated rings. The Morgan fingerprint density at radius 1 is 1.12 bits per heavy atom. The Bertz CT molecular complexity index is 747. The first kappa shape index (κ1) is 18.1. The average Bonchev–Trinajstić information content (AvgIpc) is 2.53. The molecular weight excluding hydrogens is 324 g/mol. The molecule has 0 aromatic heterocycles. The van der Waals surface area contributed by atoms with Crippen molar-refractivity contribution in [2.24, 2.45) is 0 Å². The van der Waals surface area contributed by atoms with E-state index in [4.69, 9.17) is 0 Å². The Labute approximate surface area is 136 Å². The predicted molar refractivity (Wildman–Crippen MR) is 82.2 cm³/mol. The molecular formula is C18H16F4O2. The van der Waals surface area contributed by atoms with Crippen molar-refractivity contribution in [1.82, 2.24) is 0 Å². The summed E-state index contributed by atoms with van der Waals surface area (Å²) in [5.41, 5.74) is -1.63. The molecule has 0 spiro atoms. The summed E-state index contributed by atoms with van der Waals surface area (Å²) in [6.45, 7) is 2.51. The summed E-state index contributed by atoms with van der Waals surface area (Å²) in [5, 5.41) is 9.67. The molecule has 2 rings (SSSR count). The van der Waals surface area contributed by atoms with Gasteiger partial charge in [-0.3, -0.25) is 4.79 Å². The summed E-state index contributed by atoms with van der Waals surface area (Å²) in [7, 11) is 0. The SMILES string of the molecule is CCc1cc(C=O)c(F)cc1-c1ccc(C(C)(O)C(F)(F)F)cc1. The van der Waals surface area contributed by atoms with Gasteiger partial charge in [0.05, 0.1) is 5.56 Å². The van der Waals surface area contributed by atoms with E-state index in [1.807, 2.05) is 6.92 Å². The Balaban J connectivity index is 2.49. The molecule has 0 bridgehead atoms. The minimum Gasteiger partial charge on any atom is -0.376 e. The lowest BCUT2D eigenvalue weighted by atomic mass is 9.91. The van der Waals surface area contributed by atoms with Gasteiger partial charge in [-0.15, -0.1) is 0 Å². The fourth-order valence-corrected chi connectivity index (χ4v) is 2.43. The highest BCUT2D eigenvalue weighted by molar-refractivity contribution is 5.79. The van der Waals surface area contributed by atoms with Gasteiger partial charge in [0, 0.05) is 0 Å². The van der Waals surface area contributed by atoms with Gasteiger partial charge in [-0.2, -0.15) is 13.2 Å². The van der Waals surface area contributed by atoms with Crippen LogP contribution in [0.2, 0.25) is 0 Å². The van der Waals surface area contributed by atoms with E-state index in [-0.39, 0.29) is 11.1 Å². The zero-order valence-corrected chi connectivity index (χ0v) is 13.1. The van der Waals surface area contributed by atoms with E-state index in [1.54, 1.807) is 0 Å². The van der Waals surface area contributed by atoms with Crippen LogP contribution in [0.5, 0.6) is 0 Å². The molecule has 1 atom stereocenters. The van der Waals surface area contributed by atoms with Crippen LogP contribution in [0.15, 0.2) is 36.4 Å². The molecule has 6 heteroatoms. The van der Waals surface area contributed by atoms with Crippen LogP contribution in [-0.2, 0) is 12.0 Å². The van der Waals surface area contributed by atoms with E-state index in [0.717, 1.165) is 12.1 Å². The lowest BCUT2D eigenvalue weighted by molar-refractivity contribution is -0.258. The van der Waals surface area contributed by atoms with Crippen LogP contribution >= 0.6 is 0 Å². The van der Waals surface area contributed by atoms with Gasteiger partial charge in [-0.25, -0.2) is 4.39 Å². The summed E-state index contributed by atoms with van der Waals surface area (Å²) in [4.78, 5) is 10.8. The number of halogens is 4. The zero-order chi connectivity index (χ0) is 18.1. The highest BCUT2D eigenvalue weighted by Gasteiger charge is 2.51. The molecule has 1 unspecified atom stereocenters. The van der Waals surface area contributed by atoms with Crippen LogP contribution in [0, 0.1) is 5.82 Å². The third kappa shape index (κ3) is 3.19. The van der Waals surface area contributed by atoms with Crippen LogP contribution in [0.4, 0.5) is 17.6 Å². The molecule has 1 N–H and O–H groups in total. The molecule has 0 aliphatic heterocycles. The number of carbonyl (C=O) groups is 1. The summed E-state index contributed by atoms with van der Waals surface area (Å²) >= 11 is 0. The van der Waals surface area contributed by atoms with Crippen LogP contribution in [0.1, 0.15) is 35.3 Å². The summed E-state index contributed by atoms with van der Waals surface area (Å²) < 4.78 is 52.5. The molecule has 0 aliphatic rings. The monoisotopic (exact) mass is 340 g/mol. The van der Waals surface area contributed by atoms with Gasteiger partial charge in [0.2, 0.25) is 0 Å². The molecule has 2 aromatic carbocycles. The number of carbonyl (C=O) groups excluding carboxylic acids is 1. The van der Waals surface area contributed by atoms with Crippen LogP contribution in [0.25, 0.3) is 11.1 Å². The molecule has 0 saturated carbocycles. The van der Waals surface area contributed by atoms with Crippen LogP contribution < -0.4 is 0 Å². The van der Waals surface area contributed by atoms with Crippen molar-refractivity contribution in [1.29, 1.82) is 0 Å². The average molecular weight is 340 g/mol. The standard InChI is InChI=1S/C18H16F4O2/c1-3-11-8-13(10-23)16(19)9-15(11)12-4-6-14(7-5-12)17(2,24)18(20,21)22/h4-10,24H,3H2,1-2H3. The third-order valence-corrected chi connectivity index (χ3v) is 4.04. The lowest BCUT2D eigenvalue weighted by Gasteiger charge is -2.26. The van der Waals surface area contributed by atoms with Gasteiger partial charge in [-0.05, 0) is 47.7 Å². The number of benzene rings is 2. The Morgan fingerprint density at radius 2 is 1.71 bits per heavy atom. The molecule has 0 heterocycles. The number of alkyl halides is 3. The predicted octanol–water partition coefficient (Wildman–Crippen LogP) is 4.64. The Kier molecular flexibility index (Phi) is 4.80. The van der Waals surface area contributed by atoms with Gasteiger partial charge in [0.25, 0.3) is 0 Å². The number of hydrogen-bond acceptors (Lipinski definition) is 2. The quantitative estimate of drug-likeness (QED) is 0.650. The van der Waals surface area contributed by atoms with Gasteiger partial charge in [0.15, 0.2) is 11.9 Å². The largest absolute Gasteiger partial charge is 0.421 e. The van der Waals surface area contributed by atoms with E-state index in [9.17, 15) is 27.5 Å². The molecule has 2 aromatic rings. The summed E-state index contributed by atoms with van der Waals surface area (Å²) in [6.07, 6.45) is -3.86. The molecule has 0 aliphatic carbocycles. The zero-order valence-electron chi connectivity index (χ0n) is 13.1. The van der Waals surface area contributed by atoms with Crippen molar-refractivity contribution < 1.29 is 27.5 Å². The van der Waals surface area contributed by atoms with Crippen molar-refractivity contribution in [2.75, 3.05) is 0 Å². The van der Waals surface area contributed by atoms with E-state index in [2.05, 4.69) is 0 Å². The highest BCUT2D eigenvalue weighted by atomic mass is 19.4. The van der Waals surface area contributed by atoms with Gasteiger partial charge >= 0.3 is 6.18 Å². The normalized spacial score (nSPS) is 14.3. The van der Waals surface area contributed by atoms with Gasteiger partial charge in [0.1, 0.15) is 5.82 Å². The highest BCUT2D eigenvalue weighted by Crippen LogP contribution is 2.39. The van der Waals surface area contributed by atoms with E-state index in [1.165, 1.54) is 24.3 Å². The van der Waals surface area contributed by atoms with E-state index >= 15 is 0 Å². The van der Waals surface area contributed by atoms with Gasteiger partial charge in [-0.1, -0.05) is 31.2 Å². The second-order valence-corrected chi connectivity index (χ2v) is 5.65. The van der Waals surface area contributed by atoms with Crippen LogP contribution in [-0.4, -0.2) is 17.6 Å². The Morgan fingerprint density at radius 3 is 2.17 bits per heavy atom. The second kappa shape index (κ2) is 6.36. The lowest BCUT2D eigenvalue weighted by Crippen LogP contribution is -2.39. The van der Waals surface area contributed by atoms with Gasteiger partial charge < -0.3 is 5.11 Å². The van der Waals surface area contributed by atoms with Crippen molar-refractivity contribution in [3.8, 4) is 11.1 Å². The third-order valence-electron chi connectivity index (χ3n) is 4.04. The maximum atomic E-state index is 13.9. The number of aliphatic hydroxyl groups is 1. The number of hydrogen-bond donors (Lipinski definition) is 1. The molecule has 0 saturated heterocycles. The molecule has 0 amide bonds. The first-order valence-electron chi connectivity index (χ1n) is 7.29. The second-order valence-electron chi connectivity index (χ2n) is 5.65. The number of rotatable bonds is 4. The van der Waals surface area contributed by atoms with Crippen molar-refractivity contribution in [2.45, 2.75) is 32.0 Å². The fraction of sp³-hybridized carbons (Fsp3) is 0.278. The molecule has 24 heavy (non-hydrogen) atoms. The maximum Gasteiger partial charge on any atom is 0.421 e. The van der Waals surface area contributed by atoms with E-state index < -0.39 is 17.6 Å². The van der Waals surface area contributed by atoms with Crippen molar-refractivity contribution in [3.05, 3.63) is 58.9 Å². The summed E-state index contributed by atoms with van der Waals surface area (Å²) in [6, 6.07) is 7.73. The molecule has 2 nitrogen and oxygen atoms in total. The minimum absolute atomic E-state index is 0.0628. The van der Waals surface area contributed by atoms with Crippen molar-refractivity contribution >= 4 is 6.29 Å². The minimum atomic E-state index is -4.80. The van der Waals surface area contributed by atoms with Crippen molar-refractivity contribution in [3.63, 3.8) is 0 Å². The summed E-state index contributed by atoms with van der Waals surface area (Å²) in [5.74, 6) is -0.691.